The number of rotatable bonds is 9. The fourth-order valence-electron chi connectivity index (χ4n) is 4.69. The number of aromatic nitrogens is 6. The first-order valence-electron chi connectivity index (χ1n) is 13.9. The van der Waals surface area contributed by atoms with Crippen molar-refractivity contribution in [3.63, 3.8) is 0 Å². The highest BCUT2D eigenvalue weighted by molar-refractivity contribution is 5.95. The fourth-order valence-corrected chi connectivity index (χ4v) is 4.69. The van der Waals surface area contributed by atoms with Crippen LogP contribution >= 0.6 is 0 Å². The maximum absolute atomic E-state index is 13.3. The number of amides is 1. The predicted molar refractivity (Wildman–Crippen MR) is 156 cm³/mol. The molecule has 0 aliphatic heterocycles. The van der Waals surface area contributed by atoms with Crippen LogP contribution in [0.3, 0.4) is 0 Å². The molecule has 1 saturated carbocycles. The van der Waals surface area contributed by atoms with E-state index in [4.69, 9.17) is 4.74 Å². The van der Waals surface area contributed by atoms with Gasteiger partial charge in [0.05, 0.1) is 12.2 Å². The van der Waals surface area contributed by atoms with Crippen molar-refractivity contribution in [1.29, 1.82) is 0 Å². The zero-order chi connectivity index (χ0) is 28.0. The summed E-state index contributed by atoms with van der Waals surface area (Å²) in [4.78, 5) is 26.4. The molecule has 4 heterocycles. The van der Waals surface area contributed by atoms with Gasteiger partial charge in [-0.25, -0.2) is 0 Å². The zero-order valence-corrected chi connectivity index (χ0v) is 22.9. The lowest BCUT2D eigenvalue weighted by atomic mass is 10.1. The van der Waals surface area contributed by atoms with Gasteiger partial charge in [-0.15, -0.1) is 10.2 Å². The summed E-state index contributed by atoms with van der Waals surface area (Å²) in [5.41, 5.74) is 4.98. The number of allylic oxidation sites excluding steroid dienone is 6. The highest BCUT2D eigenvalue weighted by atomic mass is 16.5. The summed E-state index contributed by atoms with van der Waals surface area (Å²) in [5.74, 6) is 1.74. The maximum Gasteiger partial charge on any atom is 0.274 e. The Labute approximate surface area is 238 Å². The van der Waals surface area contributed by atoms with Gasteiger partial charge in [-0.2, -0.15) is 0 Å². The quantitative estimate of drug-likeness (QED) is 0.288. The normalized spacial score (nSPS) is 19.0. The Bertz CT molecular complexity index is 1600. The monoisotopic (exact) mass is 545 g/mol. The van der Waals surface area contributed by atoms with Crippen LogP contribution in [0, 0.1) is 0 Å². The molecule has 1 amide bonds. The average molecular weight is 546 g/mol. The molecule has 1 N–H and O–H groups in total. The van der Waals surface area contributed by atoms with Crippen molar-refractivity contribution < 1.29 is 9.53 Å². The van der Waals surface area contributed by atoms with Crippen LogP contribution in [0.2, 0.25) is 0 Å². The molecule has 9 nitrogen and oxygen atoms in total. The Hall–Kier alpha value is -4.92. The van der Waals surface area contributed by atoms with E-state index < -0.39 is 0 Å². The van der Waals surface area contributed by atoms with Gasteiger partial charge < -0.3 is 14.6 Å². The van der Waals surface area contributed by atoms with Gasteiger partial charge in [0.1, 0.15) is 24.4 Å². The topological polar surface area (TPSA) is 108 Å². The predicted octanol–water partition coefficient (Wildman–Crippen LogP) is 5.69. The molecule has 0 aromatic carbocycles. The average Bonchev–Trinajstić information content (AvgIpc) is 3.74. The maximum atomic E-state index is 13.3. The van der Waals surface area contributed by atoms with Crippen LogP contribution in [-0.2, 0) is 0 Å². The molecule has 41 heavy (non-hydrogen) atoms. The Morgan fingerprint density at radius 3 is 2.85 bits per heavy atom. The molecule has 206 valence electrons. The minimum atomic E-state index is -0.260. The smallest absolute Gasteiger partial charge is 0.274 e. The number of nitrogens with one attached hydrogen (secondary N) is 1. The van der Waals surface area contributed by atoms with Gasteiger partial charge in [0.15, 0.2) is 5.82 Å². The van der Waals surface area contributed by atoms with Crippen molar-refractivity contribution in [2.45, 2.75) is 44.6 Å². The molecule has 0 saturated heterocycles. The first-order valence-corrected chi connectivity index (χ1v) is 13.9. The van der Waals surface area contributed by atoms with E-state index in [2.05, 4.69) is 48.7 Å². The number of carbonyl (C=O) groups is 1. The fraction of sp³-hybridized carbons (Fsp3) is 0.250. The summed E-state index contributed by atoms with van der Waals surface area (Å²) in [6, 6.07) is 11.5. The van der Waals surface area contributed by atoms with E-state index in [0.717, 1.165) is 34.5 Å². The van der Waals surface area contributed by atoms with Crippen LogP contribution in [0.5, 0.6) is 5.75 Å². The molecular formula is C32H31N7O2. The Morgan fingerprint density at radius 1 is 1.12 bits per heavy atom. The minimum absolute atomic E-state index is 0.0401. The number of ether oxygens (including phenoxy) is 1. The van der Waals surface area contributed by atoms with Crippen LogP contribution in [0.4, 0.5) is 0 Å². The summed E-state index contributed by atoms with van der Waals surface area (Å²) in [6.45, 7) is 2.47. The molecule has 0 spiro atoms. The second-order valence-electron chi connectivity index (χ2n) is 10.3. The molecule has 4 aromatic rings. The van der Waals surface area contributed by atoms with E-state index in [1.807, 2.05) is 60.2 Å². The second kappa shape index (κ2) is 12.1. The van der Waals surface area contributed by atoms with Gasteiger partial charge in [-0.05, 0) is 74.6 Å². The molecule has 9 heteroatoms. The zero-order valence-electron chi connectivity index (χ0n) is 22.9. The summed E-state index contributed by atoms with van der Waals surface area (Å²) >= 11 is 0. The third kappa shape index (κ3) is 6.46. The molecule has 1 atom stereocenters. The summed E-state index contributed by atoms with van der Waals surface area (Å²) < 4.78 is 7.88. The van der Waals surface area contributed by atoms with Crippen molar-refractivity contribution in [2.75, 3.05) is 6.61 Å². The number of pyridine rings is 3. The van der Waals surface area contributed by atoms with Gasteiger partial charge in [-0.1, -0.05) is 24.3 Å². The molecule has 1 unspecified atom stereocenters. The van der Waals surface area contributed by atoms with Crippen LogP contribution in [0.25, 0.3) is 16.7 Å². The number of hydrogen-bond donors (Lipinski definition) is 1. The molecule has 0 bridgehead atoms. The van der Waals surface area contributed by atoms with E-state index in [1.165, 1.54) is 12.8 Å². The largest absolute Gasteiger partial charge is 0.490 e. The molecular weight excluding hydrogens is 514 g/mol. The SMILES string of the molecule is CC(COc1cccnc1)n1cnnc1C1=C/C=C\CC/C(NC(=O)c2cc(-c3ccc(C4CC4)nc3)ccn2)=C\1. The van der Waals surface area contributed by atoms with Crippen molar-refractivity contribution in [3.05, 3.63) is 115 Å². The summed E-state index contributed by atoms with van der Waals surface area (Å²) in [5, 5.41) is 11.6. The van der Waals surface area contributed by atoms with E-state index in [0.29, 0.717) is 36.2 Å². The molecule has 1 fully saturated rings. The lowest BCUT2D eigenvalue weighted by molar-refractivity contribution is 0.0959. The Morgan fingerprint density at radius 2 is 2.05 bits per heavy atom. The number of hydrogen-bond acceptors (Lipinski definition) is 7. The Kier molecular flexibility index (Phi) is 7.75. The highest BCUT2D eigenvalue weighted by Gasteiger charge is 2.24. The van der Waals surface area contributed by atoms with Crippen LogP contribution < -0.4 is 10.1 Å². The highest BCUT2D eigenvalue weighted by Crippen LogP contribution is 2.39. The van der Waals surface area contributed by atoms with Crippen molar-refractivity contribution in [1.82, 2.24) is 35.0 Å². The van der Waals surface area contributed by atoms with Crippen LogP contribution in [0.1, 0.15) is 66.6 Å². The molecule has 4 aromatic heterocycles. The van der Waals surface area contributed by atoms with Crippen LogP contribution in [-0.4, -0.2) is 42.2 Å². The third-order valence-corrected chi connectivity index (χ3v) is 7.14. The van der Waals surface area contributed by atoms with Crippen molar-refractivity contribution >= 4 is 11.5 Å². The van der Waals surface area contributed by atoms with Crippen molar-refractivity contribution in [2.24, 2.45) is 0 Å². The standard InChI is InChI=1S/C32H31N7O2/c1-22(20-41-28-8-5-14-33-19-28)39-21-36-38-31(39)25-6-3-2-4-7-27(16-25)37-32(40)30-17-24(13-15-34-30)26-11-12-29(35-18-26)23-9-10-23/h2-3,5-6,8,11-19,21-23H,4,7,9-10,20H2,1H3,(H,37,40)/b3-2-,25-6+,27-16+. The minimum Gasteiger partial charge on any atom is -0.490 e. The van der Waals surface area contributed by atoms with Gasteiger partial charge >= 0.3 is 0 Å². The van der Waals surface area contributed by atoms with Crippen LogP contribution in [0.15, 0.2) is 97.5 Å². The number of carbonyl (C=O) groups excluding carboxylic acids is 1. The van der Waals surface area contributed by atoms with E-state index >= 15 is 0 Å². The second-order valence-corrected chi connectivity index (χ2v) is 10.3. The van der Waals surface area contributed by atoms with E-state index in [-0.39, 0.29) is 11.9 Å². The van der Waals surface area contributed by atoms with Gasteiger partial charge in [0, 0.05) is 47.0 Å². The van der Waals surface area contributed by atoms with Gasteiger partial charge in [0.25, 0.3) is 5.91 Å². The number of nitrogens with zero attached hydrogens (tertiary/aromatic N) is 6. The van der Waals surface area contributed by atoms with E-state index in [1.54, 1.807) is 24.9 Å². The third-order valence-electron chi connectivity index (χ3n) is 7.14. The summed E-state index contributed by atoms with van der Waals surface area (Å²) in [6.07, 6.45) is 20.6. The molecule has 2 aliphatic rings. The van der Waals surface area contributed by atoms with Gasteiger partial charge in [-0.3, -0.25) is 19.7 Å². The lowest BCUT2D eigenvalue weighted by Gasteiger charge is -2.17. The molecule has 2 aliphatic carbocycles. The van der Waals surface area contributed by atoms with Gasteiger partial charge in [0.2, 0.25) is 0 Å². The molecule has 0 radical (unpaired) electrons. The Balaban J connectivity index is 1.18. The van der Waals surface area contributed by atoms with E-state index in [9.17, 15) is 4.79 Å². The summed E-state index contributed by atoms with van der Waals surface area (Å²) in [7, 11) is 0. The molecule has 6 rings (SSSR count). The lowest BCUT2D eigenvalue weighted by Crippen LogP contribution is -2.24. The first kappa shape index (κ1) is 26.3. The first-order chi connectivity index (χ1) is 20.1. The van der Waals surface area contributed by atoms with Crippen molar-refractivity contribution in [3.8, 4) is 16.9 Å².